The molecule has 0 radical (unpaired) electrons. The Hall–Kier alpha value is -1.37. The molecular formula is C15H20N4OS. The summed E-state index contributed by atoms with van der Waals surface area (Å²) in [4.78, 5) is 6.82. The number of rotatable bonds is 4. The third-order valence-corrected chi connectivity index (χ3v) is 4.82. The Balaban J connectivity index is 1.67. The van der Waals surface area contributed by atoms with Gasteiger partial charge in [-0.05, 0) is 12.6 Å². The molecule has 2 atom stereocenters. The van der Waals surface area contributed by atoms with Crippen LogP contribution in [0.5, 0.6) is 0 Å². The number of nitrogens with two attached hydrogens (primary N) is 1. The molecule has 1 aromatic carbocycles. The first-order chi connectivity index (χ1) is 10.2. The molecule has 1 aliphatic heterocycles. The fraction of sp³-hybridized carbons (Fsp3) is 0.467. The van der Waals surface area contributed by atoms with Crippen molar-refractivity contribution in [2.75, 3.05) is 25.1 Å². The molecular weight excluding hydrogens is 284 g/mol. The largest absolute Gasteiger partial charge is 0.339 e. The van der Waals surface area contributed by atoms with Crippen LogP contribution in [0, 0.1) is 0 Å². The Labute approximate surface area is 128 Å². The second-order valence-electron chi connectivity index (χ2n) is 5.34. The Morgan fingerprint density at radius 3 is 3.00 bits per heavy atom. The Kier molecular flexibility index (Phi) is 4.57. The van der Waals surface area contributed by atoms with E-state index in [1.165, 1.54) is 0 Å². The highest BCUT2D eigenvalue weighted by molar-refractivity contribution is 7.99. The lowest BCUT2D eigenvalue weighted by Gasteiger charge is -2.29. The van der Waals surface area contributed by atoms with E-state index in [0.717, 1.165) is 29.4 Å². The third kappa shape index (κ3) is 3.45. The fourth-order valence-corrected chi connectivity index (χ4v) is 3.66. The van der Waals surface area contributed by atoms with Crippen molar-refractivity contribution in [3.63, 3.8) is 0 Å². The van der Waals surface area contributed by atoms with Crippen LogP contribution < -0.4 is 5.73 Å². The van der Waals surface area contributed by atoms with E-state index in [4.69, 9.17) is 10.3 Å². The molecule has 0 amide bonds. The van der Waals surface area contributed by atoms with Gasteiger partial charge in [0, 0.05) is 30.5 Å². The van der Waals surface area contributed by atoms with Gasteiger partial charge in [-0.25, -0.2) is 0 Å². The van der Waals surface area contributed by atoms with E-state index in [2.05, 4.69) is 22.1 Å². The maximum Gasteiger partial charge on any atom is 0.228 e. The molecule has 2 heterocycles. The number of hydrogen-bond acceptors (Lipinski definition) is 6. The van der Waals surface area contributed by atoms with Crippen molar-refractivity contribution in [1.29, 1.82) is 0 Å². The predicted octanol–water partition coefficient (Wildman–Crippen LogP) is 2.03. The van der Waals surface area contributed by atoms with Crippen molar-refractivity contribution < 1.29 is 4.52 Å². The zero-order valence-corrected chi connectivity index (χ0v) is 12.9. The van der Waals surface area contributed by atoms with Crippen LogP contribution in [-0.4, -0.2) is 40.1 Å². The molecule has 1 saturated heterocycles. The molecule has 1 aromatic heterocycles. The summed E-state index contributed by atoms with van der Waals surface area (Å²) in [7, 11) is 2.11. The Morgan fingerprint density at radius 2 is 2.24 bits per heavy atom. The first kappa shape index (κ1) is 14.6. The molecule has 112 valence electrons. The number of nitrogens with zero attached hydrogens (tertiary/aromatic N) is 3. The summed E-state index contributed by atoms with van der Waals surface area (Å²) < 4.78 is 5.38. The van der Waals surface area contributed by atoms with Crippen LogP contribution in [0.3, 0.4) is 0 Å². The monoisotopic (exact) mass is 304 g/mol. The van der Waals surface area contributed by atoms with E-state index in [-0.39, 0.29) is 12.1 Å². The molecule has 2 N–H and O–H groups in total. The lowest BCUT2D eigenvalue weighted by molar-refractivity contribution is 0.256. The topological polar surface area (TPSA) is 68.2 Å². The quantitative estimate of drug-likeness (QED) is 0.932. The van der Waals surface area contributed by atoms with Crippen LogP contribution in [0.4, 0.5) is 0 Å². The molecule has 0 aliphatic carbocycles. The van der Waals surface area contributed by atoms with Crippen LogP contribution in [0.1, 0.15) is 29.4 Å². The van der Waals surface area contributed by atoms with Gasteiger partial charge in [-0.3, -0.25) is 4.90 Å². The van der Waals surface area contributed by atoms with Crippen molar-refractivity contribution in [1.82, 2.24) is 15.0 Å². The SMILES string of the molecule is CN1CCSCC1c1noc(CC(N)c2ccccc2)n1. The first-order valence-corrected chi connectivity index (χ1v) is 8.30. The highest BCUT2D eigenvalue weighted by Gasteiger charge is 2.26. The number of benzene rings is 1. The summed E-state index contributed by atoms with van der Waals surface area (Å²) in [6.07, 6.45) is 0.570. The third-order valence-electron chi connectivity index (χ3n) is 3.80. The number of hydrogen-bond donors (Lipinski definition) is 1. The normalized spacial score (nSPS) is 21.3. The van der Waals surface area contributed by atoms with Crippen molar-refractivity contribution in [3.8, 4) is 0 Å². The zero-order chi connectivity index (χ0) is 14.7. The average molecular weight is 304 g/mol. The summed E-state index contributed by atoms with van der Waals surface area (Å²) in [6.45, 7) is 1.06. The summed E-state index contributed by atoms with van der Waals surface area (Å²) in [5.41, 5.74) is 7.29. The van der Waals surface area contributed by atoms with Gasteiger partial charge in [-0.15, -0.1) is 0 Å². The summed E-state index contributed by atoms with van der Waals surface area (Å²) in [6, 6.07) is 10.1. The lowest BCUT2D eigenvalue weighted by atomic mass is 10.1. The molecule has 2 aromatic rings. The minimum Gasteiger partial charge on any atom is -0.339 e. The summed E-state index contributed by atoms with van der Waals surface area (Å²) >= 11 is 1.93. The molecule has 5 nitrogen and oxygen atoms in total. The van der Waals surface area contributed by atoms with Crippen LogP contribution in [-0.2, 0) is 6.42 Å². The maximum atomic E-state index is 6.20. The van der Waals surface area contributed by atoms with Crippen LogP contribution in [0.15, 0.2) is 34.9 Å². The highest BCUT2D eigenvalue weighted by atomic mass is 32.2. The Morgan fingerprint density at radius 1 is 1.43 bits per heavy atom. The molecule has 21 heavy (non-hydrogen) atoms. The van der Waals surface area contributed by atoms with Crippen LogP contribution >= 0.6 is 11.8 Å². The zero-order valence-electron chi connectivity index (χ0n) is 12.1. The minimum absolute atomic E-state index is 0.113. The molecule has 3 rings (SSSR count). The van der Waals surface area contributed by atoms with Gasteiger partial charge < -0.3 is 10.3 Å². The molecule has 0 spiro atoms. The van der Waals surface area contributed by atoms with Crippen molar-refractivity contribution in [2.24, 2.45) is 5.73 Å². The second-order valence-corrected chi connectivity index (χ2v) is 6.49. The molecule has 0 saturated carbocycles. The maximum absolute atomic E-state index is 6.20. The Bertz CT molecular complexity index is 574. The predicted molar refractivity (Wildman–Crippen MR) is 84.1 cm³/mol. The minimum atomic E-state index is -0.113. The van der Waals surface area contributed by atoms with Crippen molar-refractivity contribution in [3.05, 3.63) is 47.6 Å². The van der Waals surface area contributed by atoms with E-state index < -0.39 is 0 Å². The second kappa shape index (κ2) is 6.60. The fourth-order valence-electron chi connectivity index (χ4n) is 2.45. The molecule has 6 heteroatoms. The van der Waals surface area contributed by atoms with Gasteiger partial charge in [-0.2, -0.15) is 16.7 Å². The summed E-state index contributed by atoms with van der Waals surface area (Å²) in [5.74, 6) is 3.57. The average Bonchev–Trinajstić information content (AvgIpc) is 2.97. The molecule has 1 fully saturated rings. The molecule has 0 bridgehead atoms. The standard InChI is InChI=1S/C15H20N4OS/c1-19-7-8-21-10-13(19)15-17-14(20-18-15)9-12(16)11-5-3-2-4-6-11/h2-6,12-13H,7-10,16H2,1H3. The smallest absolute Gasteiger partial charge is 0.228 e. The molecule has 1 aliphatic rings. The van der Waals surface area contributed by atoms with E-state index in [1.54, 1.807) is 0 Å². The number of aromatic nitrogens is 2. The lowest BCUT2D eigenvalue weighted by Crippen LogP contribution is -2.33. The number of thioether (sulfide) groups is 1. The van der Waals surface area contributed by atoms with E-state index in [1.807, 2.05) is 42.1 Å². The van der Waals surface area contributed by atoms with Crippen molar-refractivity contribution in [2.45, 2.75) is 18.5 Å². The van der Waals surface area contributed by atoms with Crippen LogP contribution in [0.25, 0.3) is 0 Å². The van der Waals surface area contributed by atoms with Crippen molar-refractivity contribution >= 4 is 11.8 Å². The van der Waals surface area contributed by atoms with Gasteiger partial charge in [0.1, 0.15) is 0 Å². The van der Waals surface area contributed by atoms with Gasteiger partial charge in [0.25, 0.3) is 0 Å². The van der Waals surface area contributed by atoms with E-state index in [0.29, 0.717) is 12.3 Å². The van der Waals surface area contributed by atoms with Crippen LogP contribution in [0.2, 0.25) is 0 Å². The first-order valence-electron chi connectivity index (χ1n) is 7.15. The van der Waals surface area contributed by atoms with Gasteiger partial charge >= 0.3 is 0 Å². The van der Waals surface area contributed by atoms with Gasteiger partial charge in [0.2, 0.25) is 5.89 Å². The van der Waals surface area contributed by atoms with E-state index >= 15 is 0 Å². The molecule has 2 unspecified atom stereocenters. The van der Waals surface area contributed by atoms with Gasteiger partial charge in [-0.1, -0.05) is 35.5 Å². The van der Waals surface area contributed by atoms with Gasteiger partial charge in [0.15, 0.2) is 5.82 Å². The highest BCUT2D eigenvalue weighted by Crippen LogP contribution is 2.26. The summed E-state index contributed by atoms with van der Waals surface area (Å²) in [5, 5.41) is 4.14. The van der Waals surface area contributed by atoms with E-state index in [9.17, 15) is 0 Å². The van der Waals surface area contributed by atoms with Gasteiger partial charge in [0.05, 0.1) is 6.04 Å².